The largest absolute Gasteiger partial charge is 0.472 e. The minimum Gasteiger partial charge on any atom is -0.462 e. The van der Waals surface area contributed by atoms with Gasteiger partial charge in [0.25, 0.3) is 0 Å². The molecule has 0 heterocycles. The fraction of sp³-hybridized carbons (Fsp3) is 0.949. The molecule has 0 aromatic heterocycles. The fourth-order valence-electron chi connectivity index (χ4n) is 11.9. The number of unbranched alkanes of at least 4 members (excludes halogenated alkanes) is 41. The summed E-state index contributed by atoms with van der Waals surface area (Å²) in [5.74, 6) is 0.874. The zero-order chi connectivity index (χ0) is 71.7. The molecule has 0 aromatic rings. The van der Waals surface area contributed by atoms with E-state index in [9.17, 15) is 43.2 Å². The summed E-state index contributed by atoms with van der Waals surface area (Å²) >= 11 is 0. The molecule has 5 atom stereocenters. The molecule has 0 aliphatic carbocycles. The number of phosphoric ester groups is 2. The Bertz CT molecular complexity index is 1900. The maximum Gasteiger partial charge on any atom is 0.472 e. The molecule has 0 rings (SSSR count). The second-order valence-electron chi connectivity index (χ2n) is 30.0. The molecule has 0 aliphatic heterocycles. The van der Waals surface area contributed by atoms with Crippen LogP contribution in [0.15, 0.2) is 0 Å². The number of phosphoric acid groups is 2. The number of ether oxygens (including phenoxy) is 4. The highest BCUT2D eigenvalue weighted by atomic mass is 31.2. The first-order valence-corrected chi connectivity index (χ1v) is 43.2. The molecule has 0 saturated heterocycles. The zero-order valence-electron chi connectivity index (χ0n) is 63.7. The number of carbonyl (C=O) groups is 4. The molecule has 17 nitrogen and oxygen atoms in total. The summed E-state index contributed by atoms with van der Waals surface area (Å²) in [7, 11) is -9.91. The Morgan fingerprint density at radius 2 is 0.433 bits per heavy atom. The lowest BCUT2D eigenvalue weighted by molar-refractivity contribution is -0.161. The quantitative estimate of drug-likeness (QED) is 0.0222. The maximum atomic E-state index is 13.1. The lowest BCUT2D eigenvalue weighted by Crippen LogP contribution is -2.30. The minimum atomic E-state index is -4.96. The van der Waals surface area contributed by atoms with E-state index in [4.69, 9.17) is 37.0 Å². The van der Waals surface area contributed by atoms with Crippen molar-refractivity contribution in [3.8, 4) is 0 Å². The number of aliphatic hydroxyl groups excluding tert-OH is 1. The van der Waals surface area contributed by atoms with Gasteiger partial charge >= 0.3 is 39.5 Å². The van der Waals surface area contributed by atoms with Crippen LogP contribution >= 0.6 is 15.6 Å². The number of esters is 4. The first kappa shape index (κ1) is 95.1. The Hall–Kier alpha value is -1.94. The highest BCUT2D eigenvalue weighted by Gasteiger charge is 2.30. The first-order chi connectivity index (χ1) is 46.6. The molecular weight excluding hydrogens is 1270 g/mol. The van der Waals surface area contributed by atoms with E-state index in [1.165, 1.54) is 193 Å². The predicted octanol–water partition coefficient (Wildman–Crippen LogP) is 22.8. The average Bonchev–Trinajstić information content (AvgIpc) is 0.964. The van der Waals surface area contributed by atoms with E-state index in [-0.39, 0.29) is 25.7 Å². The van der Waals surface area contributed by atoms with Crippen molar-refractivity contribution in [1.29, 1.82) is 0 Å². The Labute approximate surface area is 594 Å². The number of carbonyl (C=O) groups excluding carboxylic acids is 4. The van der Waals surface area contributed by atoms with Crippen LogP contribution in [0.5, 0.6) is 0 Å². The molecule has 0 aliphatic rings. The van der Waals surface area contributed by atoms with Crippen molar-refractivity contribution in [3.05, 3.63) is 0 Å². The summed E-state index contributed by atoms with van der Waals surface area (Å²) in [6.07, 6.45) is 53.1. The molecule has 0 spiro atoms. The van der Waals surface area contributed by atoms with E-state index < -0.39 is 97.5 Å². The van der Waals surface area contributed by atoms with Crippen molar-refractivity contribution < 1.29 is 80.2 Å². The van der Waals surface area contributed by atoms with Gasteiger partial charge in [-0.15, -0.1) is 0 Å². The topological polar surface area (TPSA) is 237 Å². The monoisotopic (exact) mass is 1420 g/mol. The van der Waals surface area contributed by atoms with Crippen LogP contribution in [0.1, 0.15) is 396 Å². The molecule has 0 saturated carbocycles. The van der Waals surface area contributed by atoms with E-state index in [2.05, 4.69) is 55.4 Å². The lowest BCUT2D eigenvalue weighted by atomic mass is 10.0. The molecule has 19 heteroatoms. The molecule has 2 unspecified atom stereocenters. The zero-order valence-corrected chi connectivity index (χ0v) is 65.5. The predicted molar refractivity (Wildman–Crippen MR) is 395 cm³/mol. The van der Waals surface area contributed by atoms with Gasteiger partial charge in [-0.1, -0.05) is 344 Å². The lowest BCUT2D eigenvalue weighted by Gasteiger charge is -2.21. The highest BCUT2D eigenvalue weighted by Crippen LogP contribution is 2.45. The Balaban J connectivity index is 5.20. The molecule has 3 N–H and O–H groups in total. The standard InChI is InChI=1S/C78H152O17P2/c1-68(2)54-46-38-30-25-21-17-13-9-11-15-19-23-27-33-42-50-58-75(80)88-64-73(94-77(82)60-52-44-34-28-24-20-16-12-10-14-18-22-26-31-39-47-55-69(3)4)66-92-96(84,85)90-62-72(79)63-91-97(86,87)93-67-74(65-89-76(81)59-51-43-37-36-41-49-57-71(7)8)95-78(83)61-53-45-35-29-32-40-48-56-70(5)6/h68-74,79H,9-67H2,1-8H3,(H,84,85)(H,86,87)/t72-,73-,74-/m1/s1. The van der Waals surface area contributed by atoms with Gasteiger partial charge in [-0.2, -0.15) is 0 Å². The fourth-order valence-corrected chi connectivity index (χ4v) is 13.5. The summed E-state index contributed by atoms with van der Waals surface area (Å²) in [6, 6.07) is 0. The van der Waals surface area contributed by atoms with E-state index in [0.717, 1.165) is 108 Å². The molecular formula is C78H152O17P2. The van der Waals surface area contributed by atoms with Crippen molar-refractivity contribution in [1.82, 2.24) is 0 Å². The van der Waals surface area contributed by atoms with Crippen LogP contribution < -0.4 is 0 Å². The van der Waals surface area contributed by atoms with Gasteiger partial charge < -0.3 is 33.8 Å². The van der Waals surface area contributed by atoms with Gasteiger partial charge in [0.2, 0.25) is 0 Å². The summed E-state index contributed by atoms with van der Waals surface area (Å²) < 4.78 is 68.5. The van der Waals surface area contributed by atoms with Crippen molar-refractivity contribution >= 4 is 39.5 Å². The average molecular weight is 1420 g/mol. The van der Waals surface area contributed by atoms with Crippen molar-refractivity contribution in [2.75, 3.05) is 39.6 Å². The molecule has 0 bridgehead atoms. The summed E-state index contributed by atoms with van der Waals surface area (Å²) in [5.41, 5.74) is 0. The smallest absolute Gasteiger partial charge is 0.462 e. The van der Waals surface area contributed by atoms with E-state index in [1.54, 1.807) is 0 Å². The third-order valence-electron chi connectivity index (χ3n) is 18.1. The normalized spacial score (nSPS) is 14.1. The molecule has 576 valence electrons. The molecule has 0 fully saturated rings. The van der Waals surface area contributed by atoms with Gasteiger partial charge in [-0.3, -0.25) is 37.3 Å². The van der Waals surface area contributed by atoms with Gasteiger partial charge in [0.15, 0.2) is 12.2 Å². The van der Waals surface area contributed by atoms with Crippen LogP contribution in [-0.4, -0.2) is 96.7 Å². The van der Waals surface area contributed by atoms with Crippen LogP contribution in [0.4, 0.5) is 0 Å². The number of rotatable bonds is 75. The van der Waals surface area contributed by atoms with Crippen LogP contribution in [0.25, 0.3) is 0 Å². The van der Waals surface area contributed by atoms with E-state index in [0.29, 0.717) is 37.5 Å². The Morgan fingerprint density at radius 1 is 0.258 bits per heavy atom. The number of hydrogen-bond acceptors (Lipinski definition) is 15. The van der Waals surface area contributed by atoms with Crippen molar-refractivity contribution in [2.45, 2.75) is 414 Å². The van der Waals surface area contributed by atoms with E-state index >= 15 is 0 Å². The summed E-state index contributed by atoms with van der Waals surface area (Å²) in [6.45, 7) is 14.1. The van der Waals surface area contributed by atoms with E-state index in [1.807, 2.05) is 0 Å². The summed E-state index contributed by atoms with van der Waals surface area (Å²) in [5, 5.41) is 10.6. The second-order valence-corrected chi connectivity index (χ2v) is 32.9. The molecule has 97 heavy (non-hydrogen) atoms. The molecule has 0 radical (unpaired) electrons. The third-order valence-corrected chi connectivity index (χ3v) is 20.0. The van der Waals surface area contributed by atoms with Gasteiger partial charge in [0, 0.05) is 25.7 Å². The second kappa shape index (κ2) is 67.2. The Kier molecular flexibility index (Phi) is 65.9. The van der Waals surface area contributed by atoms with Crippen LogP contribution in [0.2, 0.25) is 0 Å². The third kappa shape index (κ3) is 72.2. The molecule has 0 aromatic carbocycles. The SMILES string of the molecule is CC(C)CCCCCCCCCCCCCCCCCCC(=O)OC[C@H](COP(=O)(O)OC[C@@H](O)COP(=O)(O)OC[C@@H](COC(=O)CCCCCCCCC(C)C)OC(=O)CCCCCCCCCC(C)C)OC(=O)CCCCCCCCCCCCCCCCCCC(C)C. The van der Waals surface area contributed by atoms with Gasteiger partial charge in [-0.05, 0) is 49.4 Å². The first-order valence-electron chi connectivity index (χ1n) is 40.2. The number of hydrogen-bond donors (Lipinski definition) is 3. The van der Waals surface area contributed by atoms with Crippen molar-refractivity contribution in [3.63, 3.8) is 0 Å². The van der Waals surface area contributed by atoms with Gasteiger partial charge in [0.1, 0.15) is 19.3 Å². The van der Waals surface area contributed by atoms with Crippen molar-refractivity contribution in [2.24, 2.45) is 23.7 Å². The summed E-state index contributed by atoms with van der Waals surface area (Å²) in [4.78, 5) is 72.8. The van der Waals surface area contributed by atoms with Crippen LogP contribution in [0, 0.1) is 23.7 Å². The van der Waals surface area contributed by atoms with Crippen LogP contribution in [-0.2, 0) is 65.4 Å². The van der Waals surface area contributed by atoms with Gasteiger partial charge in [-0.25, -0.2) is 9.13 Å². The Morgan fingerprint density at radius 3 is 0.639 bits per heavy atom. The maximum absolute atomic E-state index is 13.1. The van der Waals surface area contributed by atoms with Gasteiger partial charge in [0.05, 0.1) is 26.4 Å². The highest BCUT2D eigenvalue weighted by molar-refractivity contribution is 7.47. The minimum absolute atomic E-state index is 0.102. The van der Waals surface area contributed by atoms with Crippen LogP contribution in [0.3, 0.4) is 0 Å². The molecule has 0 amide bonds. The number of aliphatic hydroxyl groups is 1.